The molecule has 0 saturated carbocycles. The first kappa shape index (κ1) is 17.9. The van der Waals surface area contributed by atoms with Gasteiger partial charge < -0.3 is 9.80 Å². The molecular weight excluding hydrogens is 326 g/mol. The average Bonchev–Trinajstić information content (AvgIpc) is 2.69. The van der Waals surface area contributed by atoms with Crippen LogP contribution in [0.5, 0.6) is 0 Å². The van der Waals surface area contributed by atoms with Crippen LogP contribution in [-0.2, 0) is 4.79 Å². The van der Waals surface area contributed by atoms with E-state index in [2.05, 4.69) is 16.0 Å². The molecule has 1 aliphatic heterocycles. The Morgan fingerprint density at radius 3 is 2.35 bits per heavy atom. The number of carbonyl (C=O) groups is 1. The summed E-state index contributed by atoms with van der Waals surface area (Å²) >= 11 is 0. The highest BCUT2D eigenvalue weighted by Crippen LogP contribution is 2.22. The quantitative estimate of drug-likeness (QED) is 0.844. The predicted molar refractivity (Wildman–Crippen MR) is 101 cm³/mol. The molecule has 3 rings (SSSR count). The third kappa shape index (κ3) is 3.84. The number of anilines is 1. The van der Waals surface area contributed by atoms with Gasteiger partial charge in [-0.1, -0.05) is 30.3 Å². The highest BCUT2D eigenvalue weighted by Gasteiger charge is 2.30. The van der Waals surface area contributed by atoms with Crippen molar-refractivity contribution in [3.05, 3.63) is 59.8 Å². The van der Waals surface area contributed by atoms with Gasteiger partial charge in [-0.05, 0) is 31.8 Å². The Labute approximate surface area is 154 Å². The van der Waals surface area contributed by atoms with Crippen LogP contribution < -0.4 is 4.90 Å². The zero-order valence-electron chi connectivity index (χ0n) is 15.2. The van der Waals surface area contributed by atoms with Gasteiger partial charge in [-0.2, -0.15) is 5.26 Å². The molecule has 0 aliphatic carbocycles. The highest BCUT2D eigenvalue weighted by molar-refractivity contribution is 5.83. The Hall–Kier alpha value is -2.91. The van der Waals surface area contributed by atoms with Crippen LogP contribution in [0.3, 0.4) is 0 Å². The van der Waals surface area contributed by atoms with Crippen molar-refractivity contribution in [2.24, 2.45) is 0 Å². The summed E-state index contributed by atoms with van der Waals surface area (Å²) < 4.78 is 0. The van der Waals surface area contributed by atoms with Crippen LogP contribution in [0.2, 0.25) is 0 Å². The van der Waals surface area contributed by atoms with E-state index in [1.165, 1.54) is 0 Å². The Bertz CT molecular complexity index is 774. The molecule has 0 N–H and O–H groups in total. The van der Waals surface area contributed by atoms with Crippen molar-refractivity contribution in [1.29, 1.82) is 5.26 Å². The lowest BCUT2D eigenvalue weighted by molar-refractivity contribution is -0.136. The molecule has 1 aliphatic rings. The van der Waals surface area contributed by atoms with Crippen molar-refractivity contribution in [2.75, 3.05) is 45.2 Å². The Kier molecular flexibility index (Phi) is 5.49. The van der Waals surface area contributed by atoms with Crippen LogP contribution in [0.4, 0.5) is 5.82 Å². The molecule has 1 aromatic heterocycles. The SMILES string of the molecule is CN(C)[C@H](C(=O)N1CCN(c2ccc(C#N)cn2)CC1)c1ccccc1. The molecule has 0 bridgehead atoms. The fraction of sp³-hybridized carbons (Fsp3) is 0.350. The van der Waals surface area contributed by atoms with Crippen molar-refractivity contribution in [3.63, 3.8) is 0 Å². The van der Waals surface area contributed by atoms with Crippen LogP contribution in [0.1, 0.15) is 17.2 Å². The molecule has 2 aromatic rings. The summed E-state index contributed by atoms with van der Waals surface area (Å²) in [6.45, 7) is 2.80. The van der Waals surface area contributed by atoms with Gasteiger partial charge in [0.1, 0.15) is 17.9 Å². The van der Waals surface area contributed by atoms with E-state index in [0.29, 0.717) is 18.7 Å². The van der Waals surface area contributed by atoms with Crippen LogP contribution in [0.15, 0.2) is 48.7 Å². The molecule has 0 unspecified atom stereocenters. The molecule has 1 saturated heterocycles. The second kappa shape index (κ2) is 7.98. The molecule has 2 heterocycles. The number of nitriles is 1. The van der Waals surface area contributed by atoms with E-state index in [4.69, 9.17) is 5.26 Å². The normalized spacial score (nSPS) is 15.6. The zero-order valence-corrected chi connectivity index (χ0v) is 15.2. The zero-order chi connectivity index (χ0) is 18.5. The second-order valence-corrected chi connectivity index (χ2v) is 6.61. The van der Waals surface area contributed by atoms with Crippen LogP contribution >= 0.6 is 0 Å². The van der Waals surface area contributed by atoms with Gasteiger partial charge in [0.25, 0.3) is 0 Å². The lowest BCUT2D eigenvalue weighted by Crippen LogP contribution is -2.51. The van der Waals surface area contributed by atoms with E-state index in [-0.39, 0.29) is 11.9 Å². The number of rotatable bonds is 4. The molecule has 1 aromatic carbocycles. The first-order valence-corrected chi connectivity index (χ1v) is 8.71. The van der Waals surface area contributed by atoms with E-state index in [1.54, 1.807) is 12.3 Å². The largest absolute Gasteiger partial charge is 0.353 e. The molecule has 134 valence electrons. The molecule has 26 heavy (non-hydrogen) atoms. The number of nitrogens with zero attached hydrogens (tertiary/aromatic N) is 5. The number of amides is 1. The van der Waals surface area contributed by atoms with E-state index in [9.17, 15) is 4.79 Å². The number of hydrogen-bond acceptors (Lipinski definition) is 5. The summed E-state index contributed by atoms with van der Waals surface area (Å²) in [7, 11) is 3.87. The molecule has 0 radical (unpaired) electrons. The van der Waals surface area contributed by atoms with Crippen molar-refractivity contribution in [2.45, 2.75) is 6.04 Å². The van der Waals surface area contributed by atoms with E-state index in [0.717, 1.165) is 24.5 Å². The first-order chi connectivity index (χ1) is 12.6. The molecule has 0 spiro atoms. The summed E-state index contributed by atoms with van der Waals surface area (Å²) in [4.78, 5) is 23.5. The van der Waals surface area contributed by atoms with Gasteiger partial charge in [-0.15, -0.1) is 0 Å². The number of piperazine rings is 1. The van der Waals surface area contributed by atoms with Crippen molar-refractivity contribution in [1.82, 2.24) is 14.8 Å². The lowest BCUT2D eigenvalue weighted by atomic mass is 10.0. The number of likely N-dealkylation sites (N-methyl/N-ethyl adjacent to an activating group) is 1. The lowest BCUT2D eigenvalue weighted by Gasteiger charge is -2.38. The standard InChI is InChI=1S/C20H23N5O/c1-23(2)19(17-6-4-3-5-7-17)20(26)25-12-10-24(11-13-25)18-9-8-16(14-21)15-22-18/h3-9,15,19H,10-13H2,1-2H3/t19-/m0/s1. The van der Waals surface area contributed by atoms with Crippen molar-refractivity contribution < 1.29 is 4.79 Å². The number of hydrogen-bond donors (Lipinski definition) is 0. The molecule has 1 amide bonds. The monoisotopic (exact) mass is 349 g/mol. The van der Waals surface area contributed by atoms with Crippen molar-refractivity contribution >= 4 is 11.7 Å². The highest BCUT2D eigenvalue weighted by atomic mass is 16.2. The van der Waals surface area contributed by atoms with Gasteiger partial charge in [0.2, 0.25) is 5.91 Å². The summed E-state index contributed by atoms with van der Waals surface area (Å²) in [6.07, 6.45) is 1.59. The Balaban J connectivity index is 1.66. The first-order valence-electron chi connectivity index (χ1n) is 8.71. The van der Waals surface area contributed by atoms with Gasteiger partial charge in [0.05, 0.1) is 5.56 Å². The van der Waals surface area contributed by atoms with Gasteiger partial charge >= 0.3 is 0 Å². The van der Waals surface area contributed by atoms with E-state index < -0.39 is 0 Å². The van der Waals surface area contributed by atoms with Gasteiger partial charge in [0, 0.05) is 32.4 Å². The molecular formula is C20H23N5O. The van der Waals surface area contributed by atoms with Gasteiger partial charge in [-0.3, -0.25) is 9.69 Å². The molecule has 6 nitrogen and oxygen atoms in total. The molecule has 1 atom stereocenters. The minimum Gasteiger partial charge on any atom is -0.353 e. The summed E-state index contributed by atoms with van der Waals surface area (Å²) in [5, 5.41) is 8.87. The number of carbonyl (C=O) groups excluding carboxylic acids is 1. The van der Waals surface area contributed by atoms with E-state index in [1.807, 2.05) is 60.3 Å². The van der Waals surface area contributed by atoms with Crippen LogP contribution in [-0.4, -0.2) is 61.0 Å². The summed E-state index contributed by atoms with van der Waals surface area (Å²) in [5.41, 5.74) is 1.57. The fourth-order valence-corrected chi connectivity index (χ4v) is 3.27. The maximum Gasteiger partial charge on any atom is 0.244 e. The maximum atomic E-state index is 13.1. The van der Waals surface area contributed by atoms with Crippen molar-refractivity contribution in [3.8, 4) is 6.07 Å². The van der Waals surface area contributed by atoms with Gasteiger partial charge in [0.15, 0.2) is 0 Å². The number of aromatic nitrogens is 1. The number of benzene rings is 1. The number of pyridine rings is 1. The summed E-state index contributed by atoms with van der Waals surface area (Å²) in [6, 6.07) is 15.3. The van der Waals surface area contributed by atoms with Gasteiger partial charge in [-0.25, -0.2) is 4.98 Å². The molecule has 6 heteroatoms. The topological polar surface area (TPSA) is 63.5 Å². The minimum atomic E-state index is -0.268. The third-order valence-corrected chi connectivity index (χ3v) is 4.66. The second-order valence-electron chi connectivity index (χ2n) is 6.61. The van der Waals surface area contributed by atoms with Crippen LogP contribution in [0.25, 0.3) is 0 Å². The minimum absolute atomic E-state index is 0.133. The maximum absolute atomic E-state index is 13.1. The van der Waals surface area contributed by atoms with Crippen LogP contribution in [0, 0.1) is 11.3 Å². The Morgan fingerprint density at radius 1 is 1.12 bits per heavy atom. The Morgan fingerprint density at radius 2 is 1.81 bits per heavy atom. The molecule has 1 fully saturated rings. The average molecular weight is 349 g/mol. The van der Waals surface area contributed by atoms with E-state index >= 15 is 0 Å². The predicted octanol–water partition coefficient (Wildman–Crippen LogP) is 1.90. The third-order valence-electron chi connectivity index (χ3n) is 4.66. The fourth-order valence-electron chi connectivity index (χ4n) is 3.27. The summed E-state index contributed by atoms with van der Waals surface area (Å²) in [5.74, 6) is 0.983. The smallest absolute Gasteiger partial charge is 0.244 e.